The number of aliphatic hydroxyl groups excluding tert-OH is 1. The Morgan fingerprint density at radius 2 is 1.83 bits per heavy atom. The summed E-state index contributed by atoms with van der Waals surface area (Å²) in [6.07, 6.45) is -0.781. The summed E-state index contributed by atoms with van der Waals surface area (Å²) in [5, 5.41) is 25.9. The number of carbonyl (C=O) groups excluding carboxylic acids is 1. The van der Waals surface area contributed by atoms with Gasteiger partial charge in [0.05, 0.1) is 11.0 Å². The van der Waals surface area contributed by atoms with E-state index in [9.17, 15) is 20.0 Å². The lowest BCUT2D eigenvalue weighted by molar-refractivity contribution is -0.384. The second-order valence-electron chi connectivity index (χ2n) is 5.36. The van der Waals surface area contributed by atoms with Crippen molar-refractivity contribution in [2.45, 2.75) is 19.6 Å². The number of nitro groups is 1. The monoisotopic (exact) mass is 329 g/mol. The van der Waals surface area contributed by atoms with Crippen molar-refractivity contribution in [2.75, 3.05) is 6.54 Å². The van der Waals surface area contributed by atoms with Gasteiger partial charge in [-0.3, -0.25) is 10.1 Å². The quantitative estimate of drug-likeness (QED) is 0.559. The molecule has 0 bridgehead atoms. The molecule has 0 spiro atoms. The molecule has 2 aromatic rings. The summed E-state index contributed by atoms with van der Waals surface area (Å²) in [6, 6.07) is 13.0. The molecule has 0 fully saturated rings. The maximum Gasteiger partial charge on any atom is 0.315 e. The summed E-state index contributed by atoms with van der Waals surface area (Å²) in [4.78, 5) is 21.9. The molecule has 1 atom stereocenters. The first-order valence-electron chi connectivity index (χ1n) is 7.46. The number of nitro benzene ring substituents is 1. The first kappa shape index (κ1) is 17.4. The van der Waals surface area contributed by atoms with E-state index in [-0.39, 0.29) is 18.8 Å². The third kappa shape index (κ3) is 4.79. The minimum atomic E-state index is -0.781. The molecule has 2 amide bonds. The number of aliphatic hydroxyl groups is 1. The highest BCUT2D eigenvalue weighted by atomic mass is 16.6. The van der Waals surface area contributed by atoms with Crippen LogP contribution in [0, 0.1) is 17.0 Å². The zero-order valence-electron chi connectivity index (χ0n) is 13.2. The van der Waals surface area contributed by atoms with Crippen LogP contribution in [-0.2, 0) is 6.54 Å². The maximum atomic E-state index is 11.8. The molecule has 126 valence electrons. The first-order valence-corrected chi connectivity index (χ1v) is 7.46. The summed E-state index contributed by atoms with van der Waals surface area (Å²) in [6.45, 7) is 2.23. The third-order valence-corrected chi connectivity index (χ3v) is 3.60. The first-order chi connectivity index (χ1) is 11.5. The van der Waals surface area contributed by atoms with E-state index in [1.54, 1.807) is 12.1 Å². The fraction of sp³-hybridized carbons (Fsp3) is 0.235. The molecular formula is C17H19N3O4. The standard InChI is InChI=1S/C17H19N3O4/c1-12-4-2-3-5-15(12)16(21)11-19-17(22)18-10-13-6-8-14(9-7-13)20(23)24/h2-9,16,21H,10-11H2,1H3,(H2,18,19,22). The topological polar surface area (TPSA) is 104 Å². The molecule has 7 nitrogen and oxygen atoms in total. The molecule has 7 heteroatoms. The number of hydrogen-bond donors (Lipinski definition) is 3. The van der Waals surface area contributed by atoms with Crippen LogP contribution in [0.15, 0.2) is 48.5 Å². The van der Waals surface area contributed by atoms with E-state index < -0.39 is 17.1 Å². The second-order valence-corrected chi connectivity index (χ2v) is 5.36. The van der Waals surface area contributed by atoms with E-state index >= 15 is 0 Å². The highest BCUT2D eigenvalue weighted by Crippen LogP contribution is 2.16. The summed E-state index contributed by atoms with van der Waals surface area (Å²) >= 11 is 0. The average molecular weight is 329 g/mol. The molecule has 2 rings (SSSR count). The van der Waals surface area contributed by atoms with Crippen molar-refractivity contribution < 1.29 is 14.8 Å². The minimum absolute atomic E-state index is 0.00422. The lowest BCUT2D eigenvalue weighted by atomic mass is 10.0. The zero-order chi connectivity index (χ0) is 17.5. The van der Waals surface area contributed by atoms with Crippen LogP contribution in [0.25, 0.3) is 0 Å². The Bertz CT molecular complexity index is 716. The van der Waals surface area contributed by atoms with Crippen molar-refractivity contribution in [3.8, 4) is 0 Å². The van der Waals surface area contributed by atoms with Gasteiger partial charge >= 0.3 is 6.03 Å². The van der Waals surface area contributed by atoms with E-state index in [4.69, 9.17) is 0 Å². The van der Waals surface area contributed by atoms with Gasteiger partial charge in [-0.1, -0.05) is 36.4 Å². The fourth-order valence-electron chi connectivity index (χ4n) is 2.24. The molecule has 3 N–H and O–H groups in total. The molecule has 0 saturated carbocycles. The van der Waals surface area contributed by atoms with E-state index in [0.717, 1.165) is 16.7 Å². The van der Waals surface area contributed by atoms with Gasteiger partial charge in [0.2, 0.25) is 0 Å². The number of nitrogens with one attached hydrogen (secondary N) is 2. The normalized spacial score (nSPS) is 11.6. The third-order valence-electron chi connectivity index (χ3n) is 3.60. The summed E-state index contributed by atoms with van der Waals surface area (Å²) in [5.41, 5.74) is 2.48. The predicted molar refractivity (Wildman–Crippen MR) is 89.5 cm³/mol. The molecule has 0 aliphatic rings. The van der Waals surface area contributed by atoms with E-state index in [1.807, 2.05) is 31.2 Å². The summed E-state index contributed by atoms with van der Waals surface area (Å²) in [5.74, 6) is 0. The van der Waals surface area contributed by atoms with Gasteiger partial charge in [0.15, 0.2) is 0 Å². The molecular weight excluding hydrogens is 310 g/mol. The highest BCUT2D eigenvalue weighted by Gasteiger charge is 2.11. The lowest BCUT2D eigenvalue weighted by Crippen LogP contribution is -2.37. The van der Waals surface area contributed by atoms with Gasteiger partial charge in [0.1, 0.15) is 0 Å². The van der Waals surface area contributed by atoms with Crippen LogP contribution in [0.1, 0.15) is 22.8 Å². The Morgan fingerprint density at radius 3 is 2.46 bits per heavy atom. The summed E-state index contributed by atoms with van der Waals surface area (Å²) in [7, 11) is 0. The minimum Gasteiger partial charge on any atom is -0.387 e. The predicted octanol–water partition coefficient (Wildman–Crippen LogP) is 2.44. The van der Waals surface area contributed by atoms with Crippen LogP contribution in [-0.4, -0.2) is 22.6 Å². The van der Waals surface area contributed by atoms with E-state index in [1.165, 1.54) is 12.1 Å². The van der Waals surface area contributed by atoms with Gasteiger partial charge in [0.25, 0.3) is 5.69 Å². The SMILES string of the molecule is Cc1ccccc1C(O)CNC(=O)NCc1ccc([N+](=O)[O-])cc1. The number of urea groups is 1. The van der Waals surface area contributed by atoms with Gasteiger partial charge in [-0.25, -0.2) is 4.79 Å². The summed E-state index contributed by atoms with van der Waals surface area (Å²) < 4.78 is 0. The van der Waals surface area contributed by atoms with Crippen LogP contribution >= 0.6 is 0 Å². The Hall–Kier alpha value is -2.93. The van der Waals surface area contributed by atoms with Gasteiger partial charge in [-0.05, 0) is 23.6 Å². The number of non-ortho nitro benzene ring substituents is 1. The molecule has 0 radical (unpaired) electrons. The van der Waals surface area contributed by atoms with E-state index in [2.05, 4.69) is 10.6 Å². The average Bonchev–Trinajstić information content (AvgIpc) is 2.58. The Balaban J connectivity index is 1.79. The van der Waals surface area contributed by atoms with Crippen molar-refractivity contribution in [1.82, 2.24) is 10.6 Å². The van der Waals surface area contributed by atoms with Crippen LogP contribution in [0.3, 0.4) is 0 Å². The van der Waals surface area contributed by atoms with Crippen LogP contribution < -0.4 is 10.6 Å². The van der Waals surface area contributed by atoms with Gasteiger partial charge in [-0.2, -0.15) is 0 Å². The number of hydrogen-bond acceptors (Lipinski definition) is 4. The van der Waals surface area contributed by atoms with Crippen molar-refractivity contribution in [3.63, 3.8) is 0 Å². The fourth-order valence-corrected chi connectivity index (χ4v) is 2.24. The molecule has 24 heavy (non-hydrogen) atoms. The smallest absolute Gasteiger partial charge is 0.315 e. The lowest BCUT2D eigenvalue weighted by Gasteiger charge is -2.15. The molecule has 1 unspecified atom stereocenters. The van der Waals surface area contributed by atoms with Crippen molar-refractivity contribution in [3.05, 3.63) is 75.3 Å². The van der Waals surface area contributed by atoms with Gasteiger partial charge in [-0.15, -0.1) is 0 Å². The molecule has 0 heterocycles. The molecule has 0 aliphatic carbocycles. The van der Waals surface area contributed by atoms with Crippen LogP contribution in [0.2, 0.25) is 0 Å². The van der Waals surface area contributed by atoms with Crippen LogP contribution in [0.5, 0.6) is 0 Å². The maximum absolute atomic E-state index is 11.8. The van der Waals surface area contributed by atoms with E-state index in [0.29, 0.717) is 0 Å². The van der Waals surface area contributed by atoms with Gasteiger partial charge in [0, 0.05) is 25.2 Å². The molecule has 0 aromatic heterocycles. The number of rotatable bonds is 6. The Kier molecular flexibility index (Phi) is 5.86. The van der Waals surface area contributed by atoms with Crippen molar-refractivity contribution >= 4 is 11.7 Å². The molecule has 0 saturated heterocycles. The Labute approximate surface area is 139 Å². The number of amides is 2. The number of carbonyl (C=O) groups is 1. The number of nitrogens with zero attached hydrogens (tertiary/aromatic N) is 1. The van der Waals surface area contributed by atoms with Crippen molar-refractivity contribution in [1.29, 1.82) is 0 Å². The number of aryl methyl sites for hydroxylation is 1. The number of benzene rings is 2. The molecule has 2 aromatic carbocycles. The van der Waals surface area contributed by atoms with Gasteiger partial charge < -0.3 is 15.7 Å². The highest BCUT2D eigenvalue weighted by molar-refractivity contribution is 5.73. The second kappa shape index (κ2) is 8.07. The van der Waals surface area contributed by atoms with Crippen molar-refractivity contribution in [2.24, 2.45) is 0 Å². The van der Waals surface area contributed by atoms with Crippen LogP contribution in [0.4, 0.5) is 10.5 Å². The molecule has 0 aliphatic heterocycles. The zero-order valence-corrected chi connectivity index (χ0v) is 13.2. The largest absolute Gasteiger partial charge is 0.387 e. The Morgan fingerprint density at radius 1 is 1.17 bits per heavy atom.